The van der Waals surface area contributed by atoms with Crippen molar-refractivity contribution < 1.29 is 0 Å². The van der Waals surface area contributed by atoms with Crippen LogP contribution in [0.15, 0.2) is 28.2 Å². The van der Waals surface area contributed by atoms with Crippen molar-refractivity contribution in [2.45, 2.75) is 13.8 Å². The minimum Gasteiger partial charge on any atom is -0.0880 e. The number of allylic oxidation sites excluding steroid dienone is 1. The van der Waals surface area contributed by atoms with E-state index in [-0.39, 0.29) is 0 Å². The maximum atomic E-state index is 5.96. The number of benzene rings is 1. The van der Waals surface area contributed by atoms with Crippen LogP contribution in [0.1, 0.15) is 19.4 Å². The van der Waals surface area contributed by atoms with E-state index < -0.39 is 0 Å². The van der Waals surface area contributed by atoms with Crippen LogP contribution in [-0.4, -0.2) is 5.33 Å². The van der Waals surface area contributed by atoms with Crippen molar-refractivity contribution in [3.05, 3.63) is 38.8 Å². The molecule has 0 saturated heterocycles. The van der Waals surface area contributed by atoms with Gasteiger partial charge in [-0.15, -0.1) is 0 Å². The Morgan fingerprint density at radius 1 is 1.47 bits per heavy atom. The van der Waals surface area contributed by atoms with Gasteiger partial charge in [0, 0.05) is 14.8 Å². The molecule has 0 aliphatic heterocycles. The Hall–Kier alpha value is 0.210. The van der Waals surface area contributed by atoms with Crippen molar-refractivity contribution in [3.63, 3.8) is 0 Å². The number of alkyl halides is 1. The SMILES string of the molecule is CC(C)C(=Cc1cc(Cl)ccc1Br)CBr. The molecule has 0 atom stereocenters. The predicted octanol–water partition coefficient (Wildman–Crippen LogP) is 5.54. The van der Waals surface area contributed by atoms with E-state index in [1.54, 1.807) is 0 Å². The first-order valence-corrected chi connectivity index (χ1v) is 7.05. The second-order valence-corrected chi connectivity index (χ2v) is 5.52. The third-order valence-electron chi connectivity index (χ3n) is 2.19. The lowest BCUT2D eigenvalue weighted by atomic mass is 10.0. The summed E-state index contributed by atoms with van der Waals surface area (Å²) >= 11 is 13.0. The van der Waals surface area contributed by atoms with Crippen LogP contribution in [-0.2, 0) is 0 Å². The molecule has 0 spiro atoms. The molecule has 0 saturated carbocycles. The fourth-order valence-electron chi connectivity index (χ4n) is 1.18. The lowest BCUT2D eigenvalue weighted by Crippen LogP contribution is -1.95. The Morgan fingerprint density at radius 2 is 2.13 bits per heavy atom. The van der Waals surface area contributed by atoms with Crippen LogP contribution < -0.4 is 0 Å². The highest BCUT2D eigenvalue weighted by Crippen LogP contribution is 2.25. The molecule has 1 rings (SSSR count). The van der Waals surface area contributed by atoms with Crippen LogP contribution in [0.2, 0.25) is 5.02 Å². The van der Waals surface area contributed by atoms with Crippen LogP contribution in [0.5, 0.6) is 0 Å². The Labute approximate surface area is 113 Å². The summed E-state index contributed by atoms with van der Waals surface area (Å²) in [7, 11) is 0. The molecule has 0 aliphatic rings. The van der Waals surface area contributed by atoms with E-state index in [9.17, 15) is 0 Å². The molecule has 0 radical (unpaired) electrons. The molecule has 1 aromatic rings. The van der Waals surface area contributed by atoms with Crippen molar-refractivity contribution >= 4 is 49.5 Å². The maximum absolute atomic E-state index is 5.96. The molecule has 0 unspecified atom stereocenters. The van der Waals surface area contributed by atoms with E-state index in [0.717, 1.165) is 20.4 Å². The number of rotatable bonds is 3. The van der Waals surface area contributed by atoms with E-state index in [1.807, 2.05) is 18.2 Å². The van der Waals surface area contributed by atoms with Crippen molar-refractivity contribution in [3.8, 4) is 0 Å². The second kappa shape index (κ2) is 6.07. The molecule has 82 valence electrons. The fourth-order valence-corrected chi connectivity index (χ4v) is 2.54. The average Bonchev–Trinajstić information content (AvgIpc) is 2.18. The van der Waals surface area contributed by atoms with Crippen molar-refractivity contribution in [2.24, 2.45) is 5.92 Å². The fraction of sp³-hybridized carbons (Fsp3) is 0.333. The predicted molar refractivity (Wildman–Crippen MR) is 75.8 cm³/mol. The Balaban J connectivity index is 3.10. The molecule has 0 bridgehead atoms. The monoisotopic (exact) mass is 350 g/mol. The molecular formula is C12H13Br2Cl. The van der Waals surface area contributed by atoms with Gasteiger partial charge in [-0.1, -0.05) is 69.0 Å². The number of halogens is 3. The Bertz CT molecular complexity index is 370. The van der Waals surface area contributed by atoms with Crippen molar-refractivity contribution in [1.82, 2.24) is 0 Å². The summed E-state index contributed by atoms with van der Waals surface area (Å²) in [6, 6.07) is 5.82. The summed E-state index contributed by atoms with van der Waals surface area (Å²) in [5.41, 5.74) is 2.49. The first kappa shape index (κ1) is 13.3. The van der Waals surface area contributed by atoms with Gasteiger partial charge in [0.1, 0.15) is 0 Å². The van der Waals surface area contributed by atoms with Gasteiger partial charge in [-0.3, -0.25) is 0 Å². The van der Waals surface area contributed by atoms with Crippen LogP contribution in [0, 0.1) is 5.92 Å². The average molecular weight is 352 g/mol. The summed E-state index contributed by atoms with van der Waals surface area (Å²) < 4.78 is 1.08. The molecule has 0 amide bonds. The molecule has 0 fully saturated rings. The minimum absolute atomic E-state index is 0.537. The minimum atomic E-state index is 0.537. The highest BCUT2D eigenvalue weighted by Gasteiger charge is 2.04. The van der Waals surface area contributed by atoms with Gasteiger partial charge in [-0.25, -0.2) is 0 Å². The molecule has 3 heteroatoms. The summed E-state index contributed by atoms with van der Waals surface area (Å²) in [6.07, 6.45) is 2.18. The number of hydrogen-bond acceptors (Lipinski definition) is 0. The van der Waals surface area contributed by atoms with Gasteiger partial charge >= 0.3 is 0 Å². The van der Waals surface area contributed by atoms with E-state index in [4.69, 9.17) is 11.6 Å². The van der Waals surface area contributed by atoms with Gasteiger partial charge in [0.25, 0.3) is 0 Å². The van der Waals surface area contributed by atoms with E-state index >= 15 is 0 Å². The summed E-state index contributed by atoms with van der Waals surface area (Å²) in [4.78, 5) is 0. The van der Waals surface area contributed by atoms with Gasteiger partial charge in [0.15, 0.2) is 0 Å². The zero-order valence-corrected chi connectivity index (χ0v) is 12.7. The van der Waals surface area contributed by atoms with Crippen LogP contribution in [0.3, 0.4) is 0 Å². The van der Waals surface area contributed by atoms with E-state index in [2.05, 4.69) is 51.8 Å². The topological polar surface area (TPSA) is 0 Å². The molecule has 0 nitrogen and oxygen atoms in total. The lowest BCUT2D eigenvalue weighted by molar-refractivity contribution is 0.781. The smallest absolute Gasteiger partial charge is 0.0412 e. The van der Waals surface area contributed by atoms with Crippen LogP contribution in [0.25, 0.3) is 6.08 Å². The molecular weight excluding hydrogens is 339 g/mol. The van der Waals surface area contributed by atoms with Crippen molar-refractivity contribution in [2.75, 3.05) is 5.33 Å². The first-order valence-electron chi connectivity index (χ1n) is 4.76. The Morgan fingerprint density at radius 3 is 2.67 bits per heavy atom. The molecule has 15 heavy (non-hydrogen) atoms. The van der Waals surface area contributed by atoms with Gasteiger partial charge < -0.3 is 0 Å². The first-order chi connectivity index (χ1) is 7.04. The Kier molecular flexibility index (Phi) is 5.37. The zero-order chi connectivity index (χ0) is 11.4. The van der Waals surface area contributed by atoms with E-state index in [0.29, 0.717) is 5.92 Å². The quantitative estimate of drug-likeness (QED) is 0.627. The van der Waals surface area contributed by atoms with Gasteiger partial charge in [-0.05, 0) is 29.7 Å². The largest absolute Gasteiger partial charge is 0.0880 e. The van der Waals surface area contributed by atoms with Crippen LogP contribution >= 0.6 is 43.5 Å². The normalized spacial score (nSPS) is 12.3. The third-order valence-corrected chi connectivity index (χ3v) is 3.80. The highest BCUT2D eigenvalue weighted by atomic mass is 79.9. The van der Waals surface area contributed by atoms with Gasteiger partial charge in [-0.2, -0.15) is 0 Å². The maximum Gasteiger partial charge on any atom is 0.0412 e. The molecule has 0 aliphatic carbocycles. The molecule has 0 heterocycles. The summed E-state index contributed by atoms with van der Waals surface area (Å²) in [5, 5.41) is 1.66. The van der Waals surface area contributed by atoms with Gasteiger partial charge in [0.05, 0.1) is 0 Å². The molecule has 0 N–H and O–H groups in total. The van der Waals surface area contributed by atoms with E-state index in [1.165, 1.54) is 5.57 Å². The molecule has 0 aromatic heterocycles. The summed E-state index contributed by atoms with van der Waals surface area (Å²) in [5.74, 6) is 0.537. The number of hydrogen-bond donors (Lipinski definition) is 0. The van der Waals surface area contributed by atoms with Crippen LogP contribution in [0.4, 0.5) is 0 Å². The lowest BCUT2D eigenvalue weighted by Gasteiger charge is -2.09. The summed E-state index contributed by atoms with van der Waals surface area (Å²) in [6.45, 7) is 4.37. The highest BCUT2D eigenvalue weighted by molar-refractivity contribution is 9.10. The zero-order valence-electron chi connectivity index (χ0n) is 8.73. The van der Waals surface area contributed by atoms with Crippen molar-refractivity contribution in [1.29, 1.82) is 0 Å². The standard InChI is InChI=1S/C12H13Br2Cl/c1-8(2)10(7-13)5-9-6-11(15)3-4-12(9)14/h3-6,8H,7H2,1-2H3. The molecule has 1 aromatic carbocycles. The van der Waals surface area contributed by atoms with Gasteiger partial charge in [0.2, 0.25) is 0 Å². The second-order valence-electron chi connectivity index (χ2n) is 3.67. The third kappa shape index (κ3) is 3.93.